The maximum absolute atomic E-state index is 13.9. The first kappa shape index (κ1) is 15.1. The van der Waals surface area contributed by atoms with Crippen molar-refractivity contribution in [3.05, 3.63) is 57.3 Å². The lowest BCUT2D eigenvalue weighted by atomic mass is 10.1. The molecule has 1 unspecified atom stereocenters. The minimum Gasteiger partial charge on any atom is -0.479 e. The van der Waals surface area contributed by atoms with Gasteiger partial charge in [-0.2, -0.15) is 0 Å². The smallest absolute Gasteiger partial charge is 0.331 e. The van der Waals surface area contributed by atoms with Gasteiger partial charge in [0.05, 0.1) is 0 Å². The number of carboxylic acid groups (broad SMARTS) is 1. The number of carboxylic acids is 1. The van der Waals surface area contributed by atoms with E-state index in [9.17, 15) is 18.4 Å². The van der Waals surface area contributed by atoms with Gasteiger partial charge in [-0.25, -0.2) is 13.6 Å². The summed E-state index contributed by atoms with van der Waals surface area (Å²) >= 11 is 1.13. The molecule has 7 heteroatoms. The Kier molecular flexibility index (Phi) is 4.32. The van der Waals surface area contributed by atoms with Crippen LogP contribution in [-0.4, -0.2) is 17.0 Å². The van der Waals surface area contributed by atoms with E-state index in [1.807, 2.05) is 0 Å². The summed E-state index contributed by atoms with van der Waals surface area (Å²) in [6.07, 6.45) is 0. The van der Waals surface area contributed by atoms with E-state index in [1.54, 1.807) is 11.4 Å². The zero-order chi connectivity index (χ0) is 15.6. The molecule has 1 heterocycles. The Morgan fingerprint density at radius 1 is 1.29 bits per heavy atom. The molecule has 0 fully saturated rings. The van der Waals surface area contributed by atoms with Gasteiger partial charge in [0.1, 0.15) is 17.2 Å². The van der Waals surface area contributed by atoms with Crippen LogP contribution in [0.3, 0.4) is 0 Å². The third kappa shape index (κ3) is 3.08. The van der Waals surface area contributed by atoms with E-state index in [0.29, 0.717) is 4.88 Å². The van der Waals surface area contributed by atoms with Gasteiger partial charge in [-0.05, 0) is 30.0 Å². The lowest BCUT2D eigenvalue weighted by Crippen LogP contribution is -2.34. The van der Waals surface area contributed by atoms with Crippen molar-refractivity contribution in [2.24, 2.45) is 0 Å². The Morgan fingerprint density at radius 3 is 2.57 bits per heavy atom. The van der Waals surface area contributed by atoms with Gasteiger partial charge in [-0.3, -0.25) is 4.79 Å². The number of carbonyl (C=O) groups excluding carboxylic acids is 1. The molecule has 0 aliphatic carbocycles. The first-order chi connectivity index (χ1) is 9.91. The molecule has 1 aromatic heterocycles. The number of rotatable bonds is 4. The van der Waals surface area contributed by atoms with Crippen molar-refractivity contribution in [2.45, 2.75) is 13.0 Å². The van der Waals surface area contributed by atoms with Crippen LogP contribution >= 0.6 is 11.3 Å². The summed E-state index contributed by atoms with van der Waals surface area (Å²) in [5.74, 6) is -4.44. The van der Waals surface area contributed by atoms with Crippen LogP contribution in [-0.2, 0) is 4.79 Å². The highest BCUT2D eigenvalue weighted by atomic mass is 32.1. The number of halogens is 2. The van der Waals surface area contributed by atoms with Crippen molar-refractivity contribution in [3.8, 4) is 0 Å². The van der Waals surface area contributed by atoms with Crippen molar-refractivity contribution >= 4 is 23.2 Å². The summed E-state index contributed by atoms with van der Waals surface area (Å²) in [6.45, 7) is 1.39. The molecule has 0 aliphatic heterocycles. The fourth-order valence-electron chi connectivity index (χ4n) is 1.78. The number of aliphatic carboxylic acids is 1. The molecule has 0 saturated carbocycles. The van der Waals surface area contributed by atoms with Crippen molar-refractivity contribution in [1.29, 1.82) is 0 Å². The molecule has 0 bridgehead atoms. The van der Waals surface area contributed by atoms with Gasteiger partial charge < -0.3 is 10.4 Å². The molecule has 4 nitrogen and oxygen atoms in total. The van der Waals surface area contributed by atoms with E-state index in [0.717, 1.165) is 17.4 Å². The van der Waals surface area contributed by atoms with E-state index in [-0.39, 0.29) is 5.56 Å². The van der Waals surface area contributed by atoms with Crippen LogP contribution in [0.4, 0.5) is 8.78 Å². The van der Waals surface area contributed by atoms with Crippen LogP contribution in [0.5, 0.6) is 0 Å². The van der Waals surface area contributed by atoms with Crippen LogP contribution in [0, 0.1) is 18.6 Å². The first-order valence-corrected chi connectivity index (χ1v) is 6.81. The van der Waals surface area contributed by atoms with E-state index >= 15 is 0 Å². The molecule has 2 rings (SSSR count). The topological polar surface area (TPSA) is 66.4 Å². The number of thiophene rings is 1. The highest BCUT2D eigenvalue weighted by Crippen LogP contribution is 2.21. The number of amides is 1. The molecule has 1 amide bonds. The van der Waals surface area contributed by atoms with E-state index in [2.05, 4.69) is 5.32 Å². The largest absolute Gasteiger partial charge is 0.479 e. The van der Waals surface area contributed by atoms with Crippen LogP contribution in [0.2, 0.25) is 0 Å². The molecular formula is C14H11F2NO3S. The predicted molar refractivity (Wildman–Crippen MR) is 73.3 cm³/mol. The van der Waals surface area contributed by atoms with Gasteiger partial charge in [-0.15, -0.1) is 11.3 Å². The Bertz CT molecular complexity index is 686. The number of nitrogens with one attached hydrogen (secondary N) is 1. The van der Waals surface area contributed by atoms with E-state index in [4.69, 9.17) is 5.11 Å². The maximum atomic E-state index is 13.9. The molecule has 110 valence electrons. The van der Waals surface area contributed by atoms with E-state index < -0.39 is 35.1 Å². The van der Waals surface area contributed by atoms with Crippen LogP contribution in [0.25, 0.3) is 0 Å². The van der Waals surface area contributed by atoms with Crippen molar-refractivity contribution in [3.63, 3.8) is 0 Å². The Labute approximate surface area is 123 Å². The van der Waals surface area contributed by atoms with Crippen LogP contribution < -0.4 is 5.32 Å². The van der Waals surface area contributed by atoms with Crippen molar-refractivity contribution < 1.29 is 23.5 Å². The lowest BCUT2D eigenvalue weighted by molar-refractivity contribution is -0.139. The predicted octanol–water partition coefficient (Wildman–Crippen LogP) is 2.89. The van der Waals surface area contributed by atoms with Gasteiger partial charge in [0.25, 0.3) is 5.91 Å². The standard InChI is InChI=1S/C14H11F2NO3S/c1-7-4-5-8(15)10(11(7)16)13(18)17-12(14(19)20)9-3-2-6-21-9/h2-6,12H,1H3,(H,17,18)(H,19,20). The molecule has 1 atom stereocenters. The molecule has 1 aromatic carbocycles. The zero-order valence-electron chi connectivity index (χ0n) is 10.9. The highest BCUT2D eigenvalue weighted by molar-refractivity contribution is 7.10. The normalized spacial score (nSPS) is 12.0. The maximum Gasteiger partial charge on any atom is 0.331 e. The zero-order valence-corrected chi connectivity index (χ0v) is 11.7. The van der Waals surface area contributed by atoms with Gasteiger partial charge in [0.15, 0.2) is 6.04 Å². The Balaban J connectivity index is 2.33. The van der Waals surface area contributed by atoms with Gasteiger partial charge in [0.2, 0.25) is 0 Å². The first-order valence-electron chi connectivity index (χ1n) is 5.93. The monoisotopic (exact) mass is 311 g/mol. The third-order valence-corrected chi connectivity index (χ3v) is 3.80. The molecule has 2 aromatic rings. The summed E-state index contributed by atoms with van der Waals surface area (Å²) in [5, 5.41) is 12.9. The summed E-state index contributed by atoms with van der Waals surface area (Å²) in [5.41, 5.74) is -0.678. The molecule has 0 radical (unpaired) electrons. The quantitative estimate of drug-likeness (QED) is 0.912. The Morgan fingerprint density at radius 2 is 2.00 bits per heavy atom. The number of aryl methyl sites for hydroxylation is 1. The third-order valence-electron chi connectivity index (χ3n) is 2.86. The number of benzene rings is 1. The molecule has 0 saturated heterocycles. The van der Waals surface area contributed by atoms with Crippen molar-refractivity contribution in [1.82, 2.24) is 5.32 Å². The molecule has 0 spiro atoms. The average Bonchev–Trinajstić information content (AvgIpc) is 2.94. The Hall–Kier alpha value is -2.28. The minimum absolute atomic E-state index is 0.101. The molecule has 0 aliphatic rings. The second-order valence-corrected chi connectivity index (χ2v) is 5.29. The van der Waals surface area contributed by atoms with Gasteiger partial charge in [0, 0.05) is 4.88 Å². The SMILES string of the molecule is Cc1ccc(F)c(C(=O)NC(C(=O)O)c2cccs2)c1F. The second-order valence-electron chi connectivity index (χ2n) is 4.31. The van der Waals surface area contributed by atoms with Gasteiger partial charge in [-0.1, -0.05) is 12.1 Å². The van der Waals surface area contributed by atoms with Crippen molar-refractivity contribution in [2.75, 3.05) is 0 Å². The molecule has 21 heavy (non-hydrogen) atoms. The number of hydrogen-bond acceptors (Lipinski definition) is 3. The minimum atomic E-state index is -1.35. The fourth-order valence-corrected chi connectivity index (χ4v) is 2.55. The van der Waals surface area contributed by atoms with E-state index in [1.165, 1.54) is 19.1 Å². The molecule has 2 N–H and O–H groups in total. The summed E-state index contributed by atoms with van der Waals surface area (Å²) in [4.78, 5) is 23.6. The summed E-state index contributed by atoms with van der Waals surface area (Å²) in [7, 11) is 0. The average molecular weight is 311 g/mol. The van der Waals surface area contributed by atoms with Crippen LogP contribution in [0.1, 0.15) is 26.8 Å². The second kappa shape index (κ2) is 6.01. The van der Waals surface area contributed by atoms with Gasteiger partial charge >= 0.3 is 5.97 Å². The number of hydrogen-bond donors (Lipinski definition) is 2. The number of carbonyl (C=O) groups is 2. The lowest BCUT2D eigenvalue weighted by Gasteiger charge is -2.14. The fraction of sp³-hybridized carbons (Fsp3) is 0.143. The highest BCUT2D eigenvalue weighted by Gasteiger charge is 2.27. The summed E-state index contributed by atoms with van der Waals surface area (Å²) in [6, 6.07) is 3.96. The van der Waals surface area contributed by atoms with Crippen LogP contribution in [0.15, 0.2) is 29.6 Å². The summed E-state index contributed by atoms with van der Waals surface area (Å²) < 4.78 is 27.5. The molecular weight excluding hydrogens is 300 g/mol.